The van der Waals surface area contributed by atoms with E-state index < -0.39 is 0 Å². The van der Waals surface area contributed by atoms with E-state index in [0.29, 0.717) is 12.8 Å². The molecule has 0 N–H and O–H groups in total. The van der Waals surface area contributed by atoms with Gasteiger partial charge in [0.05, 0.1) is 0 Å². The second-order valence-corrected chi connectivity index (χ2v) is 5.30. The number of rotatable bonds is 4. The van der Waals surface area contributed by atoms with Crippen LogP contribution in [0.2, 0.25) is 0 Å². The van der Waals surface area contributed by atoms with Crippen LogP contribution in [0.1, 0.15) is 12.0 Å². The van der Waals surface area contributed by atoms with Gasteiger partial charge in [-0.2, -0.15) is 0 Å². The fourth-order valence-corrected chi connectivity index (χ4v) is 2.59. The molecule has 0 aliphatic carbocycles. The molecule has 6 heteroatoms. The number of hydrogen-bond acceptors (Lipinski definition) is 5. The minimum absolute atomic E-state index is 0.199. The predicted octanol–water partition coefficient (Wildman–Crippen LogP) is 1.15. The molecule has 6 nitrogen and oxygen atoms in total. The number of amides is 1. The number of piperazine rings is 1. The second-order valence-electron chi connectivity index (χ2n) is 5.30. The van der Waals surface area contributed by atoms with E-state index in [9.17, 15) is 4.79 Å². The molecule has 0 bridgehead atoms. The van der Waals surface area contributed by atoms with Crippen molar-refractivity contribution in [2.75, 3.05) is 31.1 Å². The van der Waals surface area contributed by atoms with Crippen molar-refractivity contribution < 1.29 is 4.79 Å². The molecule has 2 aromatic heterocycles. The normalized spacial score (nSPS) is 14.9. The zero-order valence-corrected chi connectivity index (χ0v) is 12.4. The Morgan fingerprint density at radius 1 is 1.09 bits per heavy atom. The molecular formula is C16H19N5O. The van der Waals surface area contributed by atoms with Crippen molar-refractivity contribution >= 4 is 11.7 Å². The van der Waals surface area contributed by atoms with E-state index in [1.54, 1.807) is 18.6 Å². The molecule has 0 saturated carbocycles. The van der Waals surface area contributed by atoms with Crippen LogP contribution in [0.3, 0.4) is 0 Å². The molecule has 1 saturated heterocycles. The molecule has 1 aliphatic rings. The van der Waals surface area contributed by atoms with Gasteiger partial charge in [0.15, 0.2) is 0 Å². The molecule has 0 atom stereocenters. The van der Waals surface area contributed by atoms with Crippen molar-refractivity contribution in [3.05, 3.63) is 48.7 Å². The van der Waals surface area contributed by atoms with E-state index in [4.69, 9.17) is 0 Å². The van der Waals surface area contributed by atoms with E-state index in [1.807, 2.05) is 23.1 Å². The summed E-state index contributed by atoms with van der Waals surface area (Å²) in [5.41, 5.74) is 1.00. The van der Waals surface area contributed by atoms with Crippen molar-refractivity contribution in [3.63, 3.8) is 0 Å². The quantitative estimate of drug-likeness (QED) is 0.847. The molecular weight excluding hydrogens is 278 g/mol. The first-order valence-corrected chi connectivity index (χ1v) is 7.50. The zero-order chi connectivity index (χ0) is 15.2. The number of aryl methyl sites for hydroxylation is 1. The molecule has 3 heterocycles. The number of aromatic nitrogens is 3. The van der Waals surface area contributed by atoms with Crippen molar-refractivity contribution in [3.8, 4) is 0 Å². The van der Waals surface area contributed by atoms with Crippen LogP contribution in [0.25, 0.3) is 0 Å². The van der Waals surface area contributed by atoms with Crippen molar-refractivity contribution in [1.29, 1.82) is 0 Å². The Kier molecular flexibility index (Phi) is 4.58. The summed E-state index contributed by atoms with van der Waals surface area (Å²) in [5, 5.41) is 0. The fourth-order valence-electron chi connectivity index (χ4n) is 2.59. The van der Waals surface area contributed by atoms with Crippen LogP contribution in [-0.2, 0) is 11.2 Å². The van der Waals surface area contributed by atoms with Gasteiger partial charge in [0, 0.05) is 51.2 Å². The summed E-state index contributed by atoms with van der Waals surface area (Å²) in [4.78, 5) is 28.7. The fraction of sp³-hybridized carbons (Fsp3) is 0.375. The number of nitrogens with zero attached hydrogens (tertiary/aromatic N) is 5. The van der Waals surface area contributed by atoms with Crippen LogP contribution in [-0.4, -0.2) is 51.9 Å². The highest BCUT2D eigenvalue weighted by molar-refractivity contribution is 5.76. The lowest BCUT2D eigenvalue weighted by molar-refractivity contribution is -0.131. The van der Waals surface area contributed by atoms with Crippen LogP contribution < -0.4 is 4.90 Å². The summed E-state index contributed by atoms with van der Waals surface area (Å²) in [6.07, 6.45) is 8.03. The highest BCUT2D eigenvalue weighted by Gasteiger charge is 2.21. The summed E-state index contributed by atoms with van der Waals surface area (Å²) in [6.45, 7) is 3.16. The van der Waals surface area contributed by atoms with Gasteiger partial charge < -0.3 is 9.80 Å². The van der Waals surface area contributed by atoms with Crippen molar-refractivity contribution in [2.45, 2.75) is 12.8 Å². The van der Waals surface area contributed by atoms with Crippen molar-refractivity contribution in [1.82, 2.24) is 19.9 Å². The molecule has 0 radical (unpaired) electrons. The molecule has 1 aliphatic heterocycles. The Morgan fingerprint density at radius 2 is 1.86 bits per heavy atom. The van der Waals surface area contributed by atoms with E-state index in [-0.39, 0.29) is 5.91 Å². The molecule has 0 unspecified atom stereocenters. The van der Waals surface area contributed by atoms with Crippen LogP contribution in [0, 0.1) is 0 Å². The average molecular weight is 297 g/mol. The Balaban J connectivity index is 1.48. The third kappa shape index (κ3) is 3.58. The molecule has 1 fully saturated rings. The summed E-state index contributed by atoms with van der Waals surface area (Å²) in [6, 6.07) is 5.91. The van der Waals surface area contributed by atoms with Crippen molar-refractivity contribution in [2.24, 2.45) is 0 Å². The van der Waals surface area contributed by atoms with E-state index in [1.165, 1.54) is 6.33 Å². The summed E-state index contributed by atoms with van der Waals surface area (Å²) >= 11 is 0. The highest BCUT2D eigenvalue weighted by atomic mass is 16.2. The van der Waals surface area contributed by atoms with Gasteiger partial charge in [-0.25, -0.2) is 15.0 Å². The molecule has 2 aromatic rings. The van der Waals surface area contributed by atoms with E-state index in [2.05, 4.69) is 19.9 Å². The number of carbonyl (C=O) groups is 1. The third-order valence-electron chi connectivity index (χ3n) is 3.85. The minimum Gasteiger partial charge on any atom is -0.353 e. The Morgan fingerprint density at radius 3 is 2.55 bits per heavy atom. The Bertz CT molecular complexity index is 596. The summed E-state index contributed by atoms with van der Waals surface area (Å²) < 4.78 is 0. The van der Waals surface area contributed by atoms with Crippen LogP contribution in [0.5, 0.6) is 0 Å². The largest absolute Gasteiger partial charge is 0.353 e. The summed E-state index contributed by atoms with van der Waals surface area (Å²) in [7, 11) is 0. The van der Waals surface area contributed by atoms with Gasteiger partial charge in [0.25, 0.3) is 0 Å². The van der Waals surface area contributed by atoms with E-state index >= 15 is 0 Å². The van der Waals surface area contributed by atoms with Gasteiger partial charge in [-0.1, -0.05) is 6.07 Å². The lowest BCUT2D eigenvalue weighted by atomic mass is 10.1. The smallest absolute Gasteiger partial charge is 0.223 e. The first kappa shape index (κ1) is 14.4. The number of carbonyl (C=O) groups excluding carboxylic acids is 1. The van der Waals surface area contributed by atoms with Gasteiger partial charge >= 0.3 is 0 Å². The SMILES string of the molecule is O=C(CCc1cncnc1)N1CCN(c2ccccn2)CC1. The summed E-state index contributed by atoms with van der Waals surface area (Å²) in [5.74, 6) is 1.18. The first-order chi connectivity index (χ1) is 10.8. The molecule has 3 rings (SSSR count). The maximum Gasteiger partial charge on any atom is 0.223 e. The third-order valence-corrected chi connectivity index (χ3v) is 3.85. The average Bonchev–Trinajstić information content (AvgIpc) is 2.61. The molecule has 0 aromatic carbocycles. The molecule has 0 spiro atoms. The highest BCUT2D eigenvalue weighted by Crippen LogP contribution is 2.13. The predicted molar refractivity (Wildman–Crippen MR) is 83.4 cm³/mol. The molecule has 114 valence electrons. The lowest BCUT2D eigenvalue weighted by Gasteiger charge is -2.35. The lowest BCUT2D eigenvalue weighted by Crippen LogP contribution is -2.49. The van der Waals surface area contributed by atoms with Crippen LogP contribution in [0.4, 0.5) is 5.82 Å². The van der Waals surface area contributed by atoms with Gasteiger partial charge in [-0.05, 0) is 24.1 Å². The molecule has 1 amide bonds. The zero-order valence-electron chi connectivity index (χ0n) is 12.4. The first-order valence-electron chi connectivity index (χ1n) is 7.50. The number of anilines is 1. The maximum atomic E-state index is 12.3. The van der Waals surface area contributed by atoms with Gasteiger partial charge in [-0.3, -0.25) is 4.79 Å². The van der Waals surface area contributed by atoms with E-state index in [0.717, 1.165) is 37.6 Å². The monoisotopic (exact) mass is 297 g/mol. The Hall–Kier alpha value is -2.50. The Labute approximate surface area is 129 Å². The standard InChI is InChI=1S/C16H19N5O/c22-16(5-4-14-11-17-13-18-12-14)21-9-7-20(8-10-21)15-3-1-2-6-19-15/h1-3,6,11-13H,4-5,7-10H2. The molecule has 22 heavy (non-hydrogen) atoms. The minimum atomic E-state index is 0.199. The van der Waals surface area contributed by atoms with Crippen LogP contribution >= 0.6 is 0 Å². The van der Waals surface area contributed by atoms with Gasteiger partial charge in [0.2, 0.25) is 5.91 Å². The van der Waals surface area contributed by atoms with Gasteiger partial charge in [0.1, 0.15) is 12.1 Å². The maximum absolute atomic E-state index is 12.3. The number of pyridine rings is 1. The number of hydrogen-bond donors (Lipinski definition) is 0. The topological polar surface area (TPSA) is 62.2 Å². The van der Waals surface area contributed by atoms with Gasteiger partial charge in [-0.15, -0.1) is 0 Å². The second kappa shape index (κ2) is 6.98. The van der Waals surface area contributed by atoms with Crippen LogP contribution in [0.15, 0.2) is 43.1 Å².